The maximum atomic E-state index is 12.2. The van der Waals surface area contributed by atoms with Crippen molar-refractivity contribution in [3.8, 4) is 11.8 Å². The number of hydrogen-bond acceptors (Lipinski definition) is 7. The Morgan fingerprint density at radius 2 is 2.04 bits per heavy atom. The summed E-state index contributed by atoms with van der Waals surface area (Å²) in [6, 6.07) is 11.9. The number of carbonyl (C=O) groups excluding carboxylic acids is 1. The Hall–Kier alpha value is -4.13. The number of anilines is 1. The first-order valence-corrected chi connectivity index (χ1v) is 7.65. The van der Waals surface area contributed by atoms with Gasteiger partial charge in [-0.25, -0.2) is 4.79 Å². The summed E-state index contributed by atoms with van der Waals surface area (Å²) < 4.78 is 11.2. The van der Waals surface area contributed by atoms with Crippen molar-refractivity contribution in [1.29, 1.82) is 5.26 Å². The highest BCUT2D eigenvalue weighted by Crippen LogP contribution is 2.20. The van der Waals surface area contributed by atoms with Crippen LogP contribution in [0.4, 0.5) is 11.4 Å². The van der Waals surface area contributed by atoms with Gasteiger partial charge in [-0.05, 0) is 30.3 Å². The zero-order valence-corrected chi connectivity index (χ0v) is 13.7. The largest absolute Gasteiger partial charge is 0.479 e. The maximum Gasteiger partial charge on any atom is 0.420 e. The van der Waals surface area contributed by atoms with Crippen molar-refractivity contribution >= 4 is 28.4 Å². The van der Waals surface area contributed by atoms with Crippen molar-refractivity contribution in [1.82, 2.24) is 4.57 Å². The number of hydrogen-bond donors (Lipinski definition) is 1. The van der Waals surface area contributed by atoms with Crippen LogP contribution >= 0.6 is 0 Å². The maximum absolute atomic E-state index is 12.2. The van der Waals surface area contributed by atoms with Gasteiger partial charge in [0.15, 0.2) is 12.2 Å². The summed E-state index contributed by atoms with van der Waals surface area (Å²) in [5.41, 5.74) is 0.564. The van der Waals surface area contributed by atoms with E-state index >= 15 is 0 Å². The van der Waals surface area contributed by atoms with E-state index in [0.29, 0.717) is 11.4 Å². The van der Waals surface area contributed by atoms with Gasteiger partial charge in [-0.1, -0.05) is 0 Å². The molecule has 2 aromatic carbocycles. The molecule has 10 heteroatoms. The topological polar surface area (TPSA) is 140 Å². The second-order valence-electron chi connectivity index (χ2n) is 5.38. The lowest BCUT2D eigenvalue weighted by molar-refractivity contribution is -0.384. The Labute approximate surface area is 151 Å². The number of nitrogens with one attached hydrogen (secondary N) is 1. The van der Waals surface area contributed by atoms with E-state index < -0.39 is 16.6 Å². The summed E-state index contributed by atoms with van der Waals surface area (Å²) in [4.78, 5) is 34.4. The van der Waals surface area contributed by atoms with Crippen LogP contribution in [-0.2, 0) is 11.3 Å². The van der Waals surface area contributed by atoms with Gasteiger partial charge in [-0.15, -0.1) is 0 Å². The molecule has 0 spiro atoms. The quantitative estimate of drug-likeness (QED) is 0.518. The normalized spacial score (nSPS) is 10.3. The second-order valence-corrected chi connectivity index (χ2v) is 5.38. The van der Waals surface area contributed by atoms with Gasteiger partial charge in [0.2, 0.25) is 5.91 Å². The summed E-state index contributed by atoms with van der Waals surface area (Å²) in [6.07, 6.45) is 0. The number of nitro groups is 1. The number of ether oxygens (including phenoxy) is 1. The molecular formula is C17H12N4O6. The molecule has 136 valence electrons. The monoisotopic (exact) mass is 368 g/mol. The van der Waals surface area contributed by atoms with Crippen LogP contribution in [0.2, 0.25) is 0 Å². The Bertz CT molecular complexity index is 1110. The Morgan fingerprint density at radius 1 is 1.30 bits per heavy atom. The zero-order chi connectivity index (χ0) is 19.4. The van der Waals surface area contributed by atoms with E-state index in [-0.39, 0.29) is 29.9 Å². The lowest BCUT2D eigenvalue weighted by Crippen LogP contribution is -2.24. The highest BCUT2D eigenvalue weighted by atomic mass is 16.6. The van der Waals surface area contributed by atoms with Gasteiger partial charge in [0.05, 0.1) is 16.5 Å². The van der Waals surface area contributed by atoms with Crippen molar-refractivity contribution in [2.24, 2.45) is 0 Å². The fourth-order valence-electron chi connectivity index (χ4n) is 2.41. The molecule has 1 heterocycles. The van der Waals surface area contributed by atoms with Gasteiger partial charge in [0.1, 0.15) is 18.4 Å². The van der Waals surface area contributed by atoms with Crippen molar-refractivity contribution in [2.75, 3.05) is 11.9 Å². The molecule has 0 fully saturated rings. The smallest absolute Gasteiger partial charge is 0.420 e. The number of aromatic nitrogens is 1. The molecule has 0 bridgehead atoms. The van der Waals surface area contributed by atoms with Crippen molar-refractivity contribution in [3.05, 3.63) is 63.1 Å². The third kappa shape index (κ3) is 3.93. The molecule has 1 N–H and O–H groups in total. The van der Waals surface area contributed by atoms with E-state index in [0.717, 1.165) is 10.6 Å². The lowest BCUT2D eigenvalue weighted by atomic mass is 10.3. The molecule has 3 rings (SSSR count). The fraction of sp³-hybridized carbons (Fsp3) is 0.118. The number of amides is 1. The molecule has 0 atom stereocenters. The van der Waals surface area contributed by atoms with E-state index in [4.69, 9.17) is 14.4 Å². The standard InChI is InChI=1S/C17H12N4O6/c18-7-8-26-13-4-1-11(2-5-13)19-16(22)10-20-14-6-3-12(21(24)25)9-15(14)27-17(20)23/h1-6,9H,8,10H2,(H,19,22). The summed E-state index contributed by atoms with van der Waals surface area (Å²) in [5, 5.41) is 21.9. The minimum Gasteiger partial charge on any atom is -0.479 e. The van der Waals surface area contributed by atoms with Gasteiger partial charge in [-0.2, -0.15) is 5.26 Å². The van der Waals surface area contributed by atoms with E-state index in [1.165, 1.54) is 12.1 Å². The molecule has 1 aromatic heterocycles. The van der Waals surface area contributed by atoms with E-state index in [1.807, 2.05) is 6.07 Å². The van der Waals surface area contributed by atoms with Gasteiger partial charge in [0.25, 0.3) is 5.69 Å². The minimum atomic E-state index is -0.791. The van der Waals surface area contributed by atoms with Crippen LogP contribution in [0.15, 0.2) is 51.7 Å². The third-order valence-corrected chi connectivity index (χ3v) is 3.61. The number of oxazole rings is 1. The predicted molar refractivity (Wildman–Crippen MR) is 93.3 cm³/mol. The van der Waals surface area contributed by atoms with Crippen molar-refractivity contribution < 1.29 is 18.9 Å². The van der Waals surface area contributed by atoms with Crippen LogP contribution in [0.5, 0.6) is 5.75 Å². The number of nitriles is 1. The van der Waals surface area contributed by atoms with E-state index in [2.05, 4.69) is 5.32 Å². The number of nitrogens with zero attached hydrogens (tertiary/aromatic N) is 3. The summed E-state index contributed by atoms with van der Waals surface area (Å²) >= 11 is 0. The van der Waals surface area contributed by atoms with Crippen LogP contribution < -0.4 is 15.8 Å². The molecule has 3 aromatic rings. The molecule has 0 unspecified atom stereocenters. The molecule has 0 aliphatic rings. The molecule has 0 saturated heterocycles. The lowest BCUT2D eigenvalue weighted by Gasteiger charge is -2.07. The first-order valence-electron chi connectivity index (χ1n) is 7.65. The SMILES string of the molecule is N#CCOc1ccc(NC(=O)Cn2c(=O)oc3cc([N+](=O)[O-])ccc32)cc1. The molecule has 0 radical (unpaired) electrons. The molecule has 10 nitrogen and oxygen atoms in total. The molecular weight excluding hydrogens is 356 g/mol. The number of carbonyl (C=O) groups is 1. The highest BCUT2D eigenvalue weighted by Gasteiger charge is 2.16. The number of non-ortho nitro benzene ring substituents is 1. The minimum absolute atomic E-state index is 0.0287. The molecule has 0 aliphatic carbocycles. The van der Waals surface area contributed by atoms with Crippen molar-refractivity contribution in [2.45, 2.75) is 6.54 Å². The van der Waals surface area contributed by atoms with Gasteiger partial charge >= 0.3 is 5.76 Å². The molecule has 1 amide bonds. The third-order valence-electron chi connectivity index (χ3n) is 3.61. The second kappa shape index (κ2) is 7.40. The average Bonchev–Trinajstić information content (AvgIpc) is 2.95. The number of rotatable bonds is 6. The molecule has 27 heavy (non-hydrogen) atoms. The van der Waals surface area contributed by atoms with Crippen LogP contribution in [0, 0.1) is 21.4 Å². The van der Waals surface area contributed by atoms with Crippen LogP contribution in [-0.4, -0.2) is 22.0 Å². The van der Waals surface area contributed by atoms with Crippen LogP contribution in [0.1, 0.15) is 0 Å². The molecule has 0 saturated carbocycles. The highest BCUT2D eigenvalue weighted by molar-refractivity contribution is 5.91. The first kappa shape index (κ1) is 17.7. The summed E-state index contributed by atoms with van der Waals surface area (Å²) in [7, 11) is 0. The van der Waals surface area contributed by atoms with Crippen molar-refractivity contribution in [3.63, 3.8) is 0 Å². The van der Waals surface area contributed by atoms with Gasteiger partial charge < -0.3 is 14.5 Å². The Kier molecular flexibility index (Phi) is 4.85. The Balaban J connectivity index is 1.74. The van der Waals surface area contributed by atoms with Crippen LogP contribution in [0.25, 0.3) is 11.1 Å². The zero-order valence-electron chi connectivity index (χ0n) is 13.7. The molecule has 0 aliphatic heterocycles. The number of benzene rings is 2. The van der Waals surface area contributed by atoms with E-state index in [9.17, 15) is 19.7 Å². The number of fused-ring (bicyclic) bond motifs is 1. The van der Waals surface area contributed by atoms with E-state index in [1.54, 1.807) is 24.3 Å². The predicted octanol–water partition coefficient (Wildman–Crippen LogP) is 2.04. The Morgan fingerprint density at radius 3 is 2.70 bits per heavy atom. The average molecular weight is 368 g/mol. The van der Waals surface area contributed by atoms with Gasteiger partial charge in [-0.3, -0.25) is 19.5 Å². The fourth-order valence-corrected chi connectivity index (χ4v) is 2.41. The number of nitro benzene ring substituents is 1. The van der Waals surface area contributed by atoms with Gasteiger partial charge in [0, 0.05) is 11.8 Å². The summed E-state index contributed by atoms with van der Waals surface area (Å²) in [5.74, 6) is -0.794. The first-order chi connectivity index (χ1) is 13.0. The van der Waals surface area contributed by atoms with Crippen LogP contribution in [0.3, 0.4) is 0 Å². The summed E-state index contributed by atoms with van der Waals surface area (Å²) in [6.45, 7) is -0.406.